The van der Waals surface area contributed by atoms with Crippen molar-refractivity contribution >= 4 is 16.7 Å². The van der Waals surface area contributed by atoms with E-state index in [-0.39, 0.29) is 5.56 Å². The van der Waals surface area contributed by atoms with Gasteiger partial charge in [0.1, 0.15) is 5.82 Å². The minimum absolute atomic E-state index is 0.150. The molecule has 0 atom stereocenters. The molecule has 1 aromatic carbocycles. The normalized spacial score (nSPS) is 11.2. The molecule has 2 aromatic rings. The third-order valence-corrected chi connectivity index (χ3v) is 3.53. The summed E-state index contributed by atoms with van der Waals surface area (Å²) in [4.78, 5) is 22.8. The van der Waals surface area contributed by atoms with Gasteiger partial charge in [-0.1, -0.05) is 24.3 Å². The molecule has 2 aliphatic rings. The number of imidazole rings is 1. The average Bonchev–Trinajstić information content (AvgIpc) is 2.91. The molecule has 2 heterocycles. The zero-order chi connectivity index (χ0) is 14.4. The van der Waals surface area contributed by atoms with Gasteiger partial charge in [0.15, 0.2) is 0 Å². The second kappa shape index (κ2) is 4.21. The highest BCUT2D eigenvalue weighted by atomic mass is 16.1. The van der Waals surface area contributed by atoms with Gasteiger partial charge in [0.05, 0.1) is 16.6 Å². The topological polar surface area (TPSA) is 87.6 Å². The van der Waals surface area contributed by atoms with Crippen molar-refractivity contribution < 1.29 is 0 Å². The van der Waals surface area contributed by atoms with Crippen molar-refractivity contribution in [3.8, 4) is 22.6 Å². The van der Waals surface area contributed by atoms with Gasteiger partial charge in [0.2, 0.25) is 0 Å². The molecule has 1 aliphatic carbocycles. The maximum atomic E-state index is 12.2. The fourth-order valence-electron chi connectivity index (χ4n) is 2.56. The molecule has 0 amide bonds. The van der Waals surface area contributed by atoms with Crippen molar-refractivity contribution in [1.82, 2.24) is 15.0 Å². The molecule has 1 aromatic heterocycles. The van der Waals surface area contributed by atoms with Crippen molar-refractivity contribution in [2.24, 2.45) is 0 Å². The lowest BCUT2D eigenvalue weighted by atomic mass is 10.1. The van der Waals surface area contributed by atoms with Crippen LogP contribution in [0.2, 0.25) is 0 Å². The summed E-state index contributed by atoms with van der Waals surface area (Å²) < 4.78 is 0. The van der Waals surface area contributed by atoms with E-state index in [0.717, 1.165) is 22.3 Å². The van der Waals surface area contributed by atoms with Gasteiger partial charge in [-0.25, -0.2) is 4.98 Å². The van der Waals surface area contributed by atoms with E-state index in [4.69, 9.17) is 5.73 Å². The monoisotopic (exact) mass is 276 g/mol. The lowest BCUT2D eigenvalue weighted by molar-refractivity contribution is 1.29. The summed E-state index contributed by atoms with van der Waals surface area (Å²) in [7, 11) is 0. The summed E-state index contributed by atoms with van der Waals surface area (Å²) in [5.41, 5.74) is 10.1. The van der Waals surface area contributed by atoms with E-state index in [2.05, 4.69) is 15.0 Å². The quantitative estimate of drug-likeness (QED) is 0.467. The first-order chi connectivity index (χ1) is 10.2. The van der Waals surface area contributed by atoms with Gasteiger partial charge in [-0.15, -0.1) is 0 Å². The molecule has 21 heavy (non-hydrogen) atoms. The Bertz CT molecular complexity index is 983. The summed E-state index contributed by atoms with van der Waals surface area (Å²) in [5, 5.41) is 0. The number of rotatable bonds is 1. The number of nitrogens with zero attached hydrogens (tertiary/aromatic N) is 1. The molecule has 0 saturated carbocycles. The Morgan fingerprint density at radius 1 is 1.00 bits per heavy atom. The number of hydrogen-bond donors (Lipinski definition) is 3. The molecule has 0 saturated heterocycles. The molecule has 4 N–H and O–H groups in total. The Morgan fingerprint density at radius 3 is 2.76 bits per heavy atom. The maximum Gasteiger partial charge on any atom is 0.260 e. The number of aromatic amines is 2. The van der Waals surface area contributed by atoms with Crippen molar-refractivity contribution in [1.29, 1.82) is 0 Å². The van der Waals surface area contributed by atoms with Crippen molar-refractivity contribution in [3.63, 3.8) is 0 Å². The fraction of sp³-hybridized carbons (Fsp3) is 0. The van der Waals surface area contributed by atoms with Crippen LogP contribution < -0.4 is 11.3 Å². The first-order valence-corrected chi connectivity index (χ1v) is 6.59. The predicted molar refractivity (Wildman–Crippen MR) is 83.2 cm³/mol. The van der Waals surface area contributed by atoms with E-state index in [9.17, 15) is 4.79 Å². The van der Waals surface area contributed by atoms with Crippen LogP contribution in [-0.2, 0) is 0 Å². The second-order valence-corrected chi connectivity index (χ2v) is 4.93. The van der Waals surface area contributed by atoms with E-state index in [1.165, 1.54) is 0 Å². The molecule has 1 aliphatic heterocycles. The summed E-state index contributed by atoms with van der Waals surface area (Å²) in [6.45, 7) is 0. The largest absolute Gasteiger partial charge is 0.399 e. The van der Waals surface area contributed by atoms with Crippen LogP contribution in [0.25, 0.3) is 33.7 Å². The first kappa shape index (κ1) is 11.7. The summed E-state index contributed by atoms with van der Waals surface area (Å²) in [5.74, 6) is 0.554. The summed E-state index contributed by atoms with van der Waals surface area (Å²) in [6.07, 6.45) is 0. The lowest BCUT2D eigenvalue weighted by Gasteiger charge is -1.94. The molecule has 4 rings (SSSR count). The SMILES string of the molecule is Nc1ccc2[nH]c(-c3c4cccccc-4[nH]c3=O)nc2c1. The Balaban J connectivity index is 2.02. The number of hydrogen-bond acceptors (Lipinski definition) is 3. The van der Waals surface area contributed by atoms with Crippen LogP contribution in [-0.4, -0.2) is 15.0 Å². The molecule has 0 radical (unpaired) electrons. The number of aromatic nitrogens is 3. The highest BCUT2D eigenvalue weighted by Crippen LogP contribution is 2.29. The van der Waals surface area contributed by atoms with Crippen LogP contribution in [0.3, 0.4) is 0 Å². The number of fused-ring (bicyclic) bond motifs is 2. The van der Waals surface area contributed by atoms with E-state index < -0.39 is 0 Å². The third-order valence-electron chi connectivity index (χ3n) is 3.53. The number of nitrogens with one attached hydrogen (secondary N) is 2. The molecule has 0 fully saturated rings. The molecule has 0 bridgehead atoms. The summed E-state index contributed by atoms with van der Waals surface area (Å²) in [6, 6.07) is 14.9. The third kappa shape index (κ3) is 1.79. The van der Waals surface area contributed by atoms with Crippen molar-refractivity contribution in [2.45, 2.75) is 0 Å². The highest BCUT2D eigenvalue weighted by Gasteiger charge is 2.18. The van der Waals surface area contributed by atoms with Gasteiger partial charge in [0.25, 0.3) is 5.56 Å². The molecule has 5 heteroatoms. The Morgan fingerprint density at radius 2 is 1.86 bits per heavy atom. The van der Waals surface area contributed by atoms with Gasteiger partial charge in [-0.3, -0.25) is 4.79 Å². The number of H-pyrrole nitrogens is 2. The minimum atomic E-state index is -0.150. The Kier molecular flexibility index (Phi) is 2.35. The lowest BCUT2D eigenvalue weighted by Crippen LogP contribution is -2.01. The van der Waals surface area contributed by atoms with Crippen LogP contribution in [0.1, 0.15) is 0 Å². The van der Waals surface area contributed by atoms with E-state index >= 15 is 0 Å². The van der Waals surface area contributed by atoms with Gasteiger partial charge in [-0.2, -0.15) is 0 Å². The highest BCUT2D eigenvalue weighted by molar-refractivity contribution is 5.86. The number of anilines is 1. The standard InChI is InChI=1S/C16H12N4O/c17-9-6-7-12-13(8-9)19-15(18-12)14-10-4-2-1-3-5-11(10)20-16(14)21/h1-8H,17H2,(H,18,19)(H,20,21). The maximum absolute atomic E-state index is 12.2. The van der Waals surface area contributed by atoms with E-state index in [1.807, 2.05) is 36.4 Å². The van der Waals surface area contributed by atoms with Crippen LogP contribution in [0.4, 0.5) is 5.69 Å². The summed E-state index contributed by atoms with van der Waals surface area (Å²) >= 11 is 0. The fourth-order valence-corrected chi connectivity index (χ4v) is 2.56. The molecular weight excluding hydrogens is 264 g/mol. The number of nitrogen functional groups attached to an aromatic ring is 1. The van der Waals surface area contributed by atoms with Crippen LogP contribution in [0.15, 0.2) is 53.3 Å². The van der Waals surface area contributed by atoms with Gasteiger partial charge < -0.3 is 15.7 Å². The van der Waals surface area contributed by atoms with Crippen molar-refractivity contribution in [3.05, 3.63) is 58.9 Å². The van der Waals surface area contributed by atoms with Crippen molar-refractivity contribution in [2.75, 3.05) is 5.73 Å². The van der Waals surface area contributed by atoms with Gasteiger partial charge >= 0.3 is 0 Å². The number of nitrogens with two attached hydrogens (primary N) is 1. The minimum Gasteiger partial charge on any atom is -0.399 e. The van der Waals surface area contributed by atoms with Crippen LogP contribution in [0, 0.1) is 0 Å². The molecular formula is C16H12N4O. The molecule has 5 nitrogen and oxygen atoms in total. The predicted octanol–water partition coefficient (Wildman–Crippen LogP) is 2.61. The first-order valence-electron chi connectivity index (χ1n) is 6.59. The number of benzene rings is 1. The average molecular weight is 276 g/mol. The van der Waals surface area contributed by atoms with E-state index in [1.54, 1.807) is 12.1 Å². The second-order valence-electron chi connectivity index (χ2n) is 4.93. The van der Waals surface area contributed by atoms with Crippen LogP contribution in [0.5, 0.6) is 0 Å². The molecule has 102 valence electrons. The smallest absolute Gasteiger partial charge is 0.260 e. The van der Waals surface area contributed by atoms with Gasteiger partial charge in [-0.05, 0) is 24.3 Å². The zero-order valence-corrected chi connectivity index (χ0v) is 11.1. The van der Waals surface area contributed by atoms with Crippen LogP contribution >= 0.6 is 0 Å². The van der Waals surface area contributed by atoms with Gasteiger partial charge in [0, 0.05) is 16.9 Å². The molecule has 0 unspecified atom stereocenters. The zero-order valence-electron chi connectivity index (χ0n) is 11.1. The van der Waals surface area contributed by atoms with E-state index in [0.29, 0.717) is 17.1 Å². The molecule has 0 spiro atoms. The Hall–Kier alpha value is -3.08. The Labute approximate surface area is 119 Å².